The van der Waals surface area contributed by atoms with Crippen LogP contribution in [0.1, 0.15) is 13.3 Å². The summed E-state index contributed by atoms with van der Waals surface area (Å²) in [7, 11) is -6.00. The number of sulfone groups is 1. The summed E-state index contributed by atoms with van der Waals surface area (Å²) >= 11 is 0. The lowest BCUT2D eigenvalue weighted by molar-refractivity contribution is -0.136. The van der Waals surface area contributed by atoms with Crippen molar-refractivity contribution < 1.29 is 31.5 Å². The van der Waals surface area contributed by atoms with Gasteiger partial charge in [-0.3, -0.25) is 4.79 Å². The van der Waals surface area contributed by atoms with E-state index in [0.717, 1.165) is 11.2 Å². The third-order valence-corrected chi connectivity index (χ3v) is 7.23. The molecule has 0 aromatic rings. The summed E-state index contributed by atoms with van der Waals surface area (Å²) in [4.78, 5) is 10.9. The van der Waals surface area contributed by atoms with Crippen LogP contribution >= 0.6 is 0 Å². The Kier molecular flexibility index (Phi) is 5.53. The maximum Gasteiger partial charge on any atom is 0.323 e. The van der Waals surface area contributed by atoms with Crippen molar-refractivity contribution in [2.45, 2.75) is 24.6 Å². The topological polar surface area (TPSA) is 118 Å². The maximum atomic E-state index is 12.3. The smallest absolute Gasteiger partial charge is 0.323 e. The lowest BCUT2D eigenvalue weighted by Gasteiger charge is -2.28. The minimum atomic E-state index is -4.12. The average Bonchev–Trinajstić information content (AvgIpc) is 2.68. The van der Waals surface area contributed by atoms with Gasteiger partial charge < -0.3 is 9.84 Å². The van der Waals surface area contributed by atoms with E-state index in [1.807, 2.05) is 0 Å². The predicted molar refractivity (Wildman–Crippen MR) is 71.7 cm³/mol. The lowest BCUT2D eigenvalue weighted by atomic mass is 10.3. The van der Waals surface area contributed by atoms with Gasteiger partial charge in [-0.1, -0.05) is 0 Å². The van der Waals surface area contributed by atoms with E-state index in [-0.39, 0.29) is 31.1 Å². The average molecular weight is 329 g/mol. The Morgan fingerprint density at radius 2 is 2.10 bits per heavy atom. The molecule has 0 spiro atoms. The minimum absolute atomic E-state index is 0.0589. The van der Waals surface area contributed by atoms with Gasteiger partial charge in [0.2, 0.25) is 10.0 Å². The van der Waals surface area contributed by atoms with Gasteiger partial charge in [-0.2, -0.15) is 4.31 Å². The van der Waals surface area contributed by atoms with E-state index < -0.39 is 37.1 Å². The molecule has 2 unspecified atom stereocenters. The molecule has 1 fully saturated rings. The van der Waals surface area contributed by atoms with Crippen molar-refractivity contribution in [3.8, 4) is 0 Å². The number of carboxylic acid groups (broad SMARTS) is 1. The summed E-state index contributed by atoms with van der Waals surface area (Å²) < 4.78 is 53.3. The van der Waals surface area contributed by atoms with Crippen LogP contribution in [0.25, 0.3) is 0 Å². The van der Waals surface area contributed by atoms with Crippen LogP contribution in [0.15, 0.2) is 0 Å². The van der Waals surface area contributed by atoms with E-state index in [4.69, 9.17) is 9.84 Å². The molecule has 1 N–H and O–H groups in total. The van der Waals surface area contributed by atoms with Crippen LogP contribution in [-0.4, -0.2) is 75.3 Å². The Morgan fingerprint density at radius 3 is 2.50 bits per heavy atom. The number of carboxylic acids is 1. The van der Waals surface area contributed by atoms with Gasteiger partial charge in [0.25, 0.3) is 0 Å². The molecule has 2 atom stereocenters. The van der Waals surface area contributed by atoms with E-state index >= 15 is 0 Å². The largest absolute Gasteiger partial charge is 0.480 e. The molecule has 0 aliphatic carbocycles. The van der Waals surface area contributed by atoms with Gasteiger partial charge in [-0.05, 0) is 13.3 Å². The van der Waals surface area contributed by atoms with Crippen molar-refractivity contribution in [3.63, 3.8) is 0 Å². The van der Waals surface area contributed by atoms with E-state index in [1.165, 1.54) is 7.11 Å². The minimum Gasteiger partial charge on any atom is -0.480 e. The first-order chi connectivity index (χ1) is 9.12. The first-order valence-corrected chi connectivity index (χ1v) is 9.37. The fourth-order valence-electron chi connectivity index (χ4n) is 2.03. The lowest BCUT2D eigenvalue weighted by Crippen LogP contribution is -2.48. The van der Waals surface area contributed by atoms with E-state index in [1.54, 1.807) is 0 Å². The molecule has 0 bridgehead atoms. The molecule has 0 aromatic heterocycles. The highest BCUT2D eigenvalue weighted by atomic mass is 32.2. The van der Waals surface area contributed by atoms with E-state index in [0.29, 0.717) is 0 Å². The molecule has 1 aliphatic rings. The van der Waals surface area contributed by atoms with Crippen LogP contribution in [0.5, 0.6) is 0 Å². The second-order valence-electron chi connectivity index (χ2n) is 4.69. The van der Waals surface area contributed by atoms with Crippen molar-refractivity contribution >= 4 is 25.8 Å². The zero-order valence-corrected chi connectivity index (χ0v) is 13.0. The number of nitrogens with zero attached hydrogens (tertiary/aromatic N) is 1. The first-order valence-electron chi connectivity index (χ1n) is 6.04. The molecular weight excluding hydrogens is 310 g/mol. The Bertz CT molecular complexity index is 554. The van der Waals surface area contributed by atoms with Gasteiger partial charge in [-0.25, -0.2) is 16.8 Å². The van der Waals surface area contributed by atoms with Crippen molar-refractivity contribution in [1.29, 1.82) is 0 Å². The molecule has 10 heteroatoms. The number of carbonyl (C=O) groups is 1. The van der Waals surface area contributed by atoms with E-state index in [2.05, 4.69) is 0 Å². The second-order valence-corrected chi connectivity index (χ2v) is 9.12. The fraction of sp³-hybridized carbons (Fsp3) is 0.900. The van der Waals surface area contributed by atoms with Crippen molar-refractivity contribution in [1.82, 2.24) is 4.31 Å². The predicted octanol–water partition coefficient (Wildman–Crippen LogP) is -1.08. The quantitative estimate of drug-likeness (QED) is 0.631. The molecule has 8 nitrogen and oxygen atoms in total. The van der Waals surface area contributed by atoms with Crippen molar-refractivity contribution in [2.24, 2.45) is 0 Å². The van der Waals surface area contributed by atoms with Gasteiger partial charge in [0.05, 0.1) is 18.1 Å². The normalized spacial score (nSPS) is 23.9. The number of sulfonamides is 1. The Balaban J connectivity index is 3.04. The zero-order valence-electron chi connectivity index (χ0n) is 11.4. The van der Waals surface area contributed by atoms with Crippen LogP contribution in [0.2, 0.25) is 0 Å². The van der Waals surface area contributed by atoms with Crippen molar-refractivity contribution in [3.05, 3.63) is 0 Å². The number of hydrogen-bond acceptors (Lipinski definition) is 6. The summed E-state index contributed by atoms with van der Waals surface area (Å²) in [6.45, 7) is 1.08. The summed E-state index contributed by atoms with van der Waals surface area (Å²) in [6.07, 6.45) is 0.178. The number of rotatable bonds is 7. The number of methoxy groups -OCH3 is 1. The summed E-state index contributed by atoms with van der Waals surface area (Å²) in [5, 5.41) is 7.26. The monoisotopic (exact) mass is 329 g/mol. The SMILES string of the molecule is COCCN(C1CCS(=O)(=O)C1)S(=O)(=O)C(C)C(=O)O. The molecule has 0 amide bonds. The van der Waals surface area contributed by atoms with Gasteiger partial charge in [0.1, 0.15) is 0 Å². The Labute approximate surface area is 118 Å². The van der Waals surface area contributed by atoms with Gasteiger partial charge in [0, 0.05) is 19.7 Å². The number of aliphatic carboxylic acids is 1. The van der Waals surface area contributed by atoms with Gasteiger partial charge in [0.15, 0.2) is 15.1 Å². The molecule has 0 saturated carbocycles. The van der Waals surface area contributed by atoms with Crippen LogP contribution in [-0.2, 0) is 29.4 Å². The van der Waals surface area contributed by atoms with Gasteiger partial charge >= 0.3 is 5.97 Å². The van der Waals surface area contributed by atoms with Crippen LogP contribution in [0, 0.1) is 0 Å². The molecule has 118 valence electrons. The van der Waals surface area contributed by atoms with Crippen LogP contribution in [0.3, 0.4) is 0 Å². The third kappa shape index (κ3) is 3.90. The standard InChI is InChI=1S/C10H19NO7S2/c1-8(10(12)13)20(16,17)11(4-5-18-2)9-3-6-19(14,15)7-9/h8-9H,3-7H2,1-2H3,(H,12,13). The maximum absolute atomic E-state index is 12.3. The Morgan fingerprint density at radius 1 is 1.50 bits per heavy atom. The summed E-state index contributed by atoms with van der Waals surface area (Å²) in [5.41, 5.74) is 0. The number of ether oxygens (including phenoxy) is 1. The molecule has 1 rings (SSSR count). The molecule has 1 aliphatic heterocycles. The highest BCUT2D eigenvalue weighted by molar-refractivity contribution is 7.92. The highest BCUT2D eigenvalue weighted by Crippen LogP contribution is 2.22. The van der Waals surface area contributed by atoms with Crippen LogP contribution in [0.4, 0.5) is 0 Å². The molecule has 1 heterocycles. The number of hydrogen-bond donors (Lipinski definition) is 1. The summed E-state index contributed by atoms with van der Waals surface area (Å²) in [5.74, 6) is -1.83. The van der Waals surface area contributed by atoms with Gasteiger partial charge in [-0.15, -0.1) is 0 Å². The molecule has 0 aromatic carbocycles. The van der Waals surface area contributed by atoms with Crippen molar-refractivity contribution in [2.75, 3.05) is 31.8 Å². The molecule has 20 heavy (non-hydrogen) atoms. The van der Waals surface area contributed by atoms with Crippen LogP contribution < -0.4 is 0 Å². The Hall–Kier alpha value is -0.710. The second kappa shape index (κ2) is 6.37. The van der Waals surface area contributed by atoms with E-state index in [9.17, 15) is 21.6 Å². The molecular formula is C10H19NO7S2. The zero-order chi connectivity index (χ0) is 15.6. The third-order valence-electron chi connectivity index (χ3n) is 3.25. The molecule has 1 saturated heterocycles. The fourth-order valence-corrected chi connectivity index (χ4v) is 5.44. The molecule has 0 radical (unpaired) electrons. The summed E-state index contributed by atoms with van der Waals surface area (Å²) in [6, 6.07) is -0.720. The first kappa shape index (κ1) is 17.3. The highest BCUT2D eigenvalue weighted by Gasteiger charge is 2.42.